The van der Waals surface area contributed by atoms with Crippen LogP contribution in [0.15, 0.2) is 67.5 Å². The maximum Gasteiger partial charge on any atom is 0.315 e. The number of piperidine rings is 1. The fraction of sp³-hybridized carbons (Fsp3) is 0.550. The molecule has 0 bridgehead atoms. The molecule has 2 aromatic rings. The smallest absolute Gasteiger partial charge is 0.315 e. The Hall–Kier alpha value is -4.35. The number of hydrogen-bond acceptors (Lipinski definition) is 12. The number of rotatable bonds is 23. The monoisotopic (exact) mass is 797 g/mol. The zero-order chi connectivity index (χ0) is 40.0. The van der Waals surface area contributed by atoms with Gasteiger partial charge in [-0.05, 0) is 37.1 Å². The van der Waals surface area contributed by atoms with Crippen molar-refractivity contribution < 1.29 is 38.1 Å². The molecule has 3 aliphatic rings. The quantitative estimate of drug-likeness (QED) is 0.0815. The minimum Gasteiger partial charge on any atom is -0.490 e. The van der Waals surface area contributed by atoms with Crippen LogP contribution in [0.1, 0.15) is 54.6 Å². The van der Waals surface area contributed by atoms with Gasteiger partial charge in [0, 0.05) is 79.5 Å². The highest BCUT2D eigenvalue weighted by molar-refractivity contribution is 8.00. The lowest BCUT2D eigenvalue weighted by Crippen LogP contribution is -2.42. The number of benzene rings is 1. The number of fused-ring (bicyclic) bond motifs is 1. The number of likely N-dealkylation sites (tertiary alicyclic amines) is 1. The molecule has 7 N–H and O–H groups in total. The molecular formula is C40H59N7O8S. The van der Waals surface area contributed by atoms with Gasteiger partial charge in [-0.2, -0.15) is 11.8 Å². The third kappa shape index (κ3) is 16.4. The number of nitrogens with zero attached hydrogens (tertiary/aromatic N) is 2. The summed E-state index contributed by atoms with van der Waals surface area (Å²) in [7, 11) is 0. The van der Waals surface area contributed by atoms with E-state index in [1.165, 1.54) is 0 Å². The Balaban J connectivity index is 0.000000258. The second-order valence-corrected chi connectivity index (χ2v) is 14.9. The lowest BCUT2D eigenvalue weighted by atomic mass is 10.0. The van der Waals surface area contributed by atoms with Crippen molar-refractivity contribution in [3.05, 3.63) is 78.8 Å². The zero-order valence-electron chi connectivity index (χ0n) is 32.3. The van der Waals surface area contributed by atoms with Gasteiger partial charge in [0.1, 0.15) is 17.5 Å². The first-order valence-corrected chi connectivity index (χ1v) is 20.4. The van der Waals surface area contributed by atoms with E-state index in [-0.39, 0.29) is 36.0 Å². The lowest BCUT2D eigenvalue weighted by Gasteiger charge is -2.32. The number of pyridine rings is 1. The van der Waals surface area contributed by atoms with Crippen LogP contribution in [0.3, 0.4) is 0 Å². The first-order valence-electron chi connectivity index (χ1n) is 19.3. The number of amides is 4. The van der Waals surface area contributed by atoms with Crippen LogP contribution < -0.4 is 32.2 Å². The second kappa shape index (κ2) is 25.0. The van der Waals surface area contributed by atoms with Gasteiger partial charge in [0.15, 0.2) is 0 Å². The van der Waals surface area contributed by atoms with Crippen molar-refractivity contribution in [2.45, 2.75) is 62.0 Å². The number of para-hydroxylation sites is 1. The number of hydrogen-bond donors (Lipinski definition) is 5. The maximum atomic E-state index is 12.5. The standard InChI is InChI=1S/C21H38N4O6S.C19H21N3O2/c1-16(22)5-7-28-9-11-30-13-14-31-12-10-29-8-6-23-19(26)4-2-3-18-20-17(15-32-18)24-21(27)25-20;1-14(20)15-7-8-18(21-13-15)19(23)22-11-9-17(10-12-22)24-16-5-3-2-4-6-16/h17-18,20H,1-15,22H2,(H,23,26)(H2,24,25,27);2-8,13,17H,1,9-12,20H2. The summed E-state index contributed by atoms with van der Waals surface area (Å²) in [4.78, 5) is 41.9. The van der Waals surface area contributed by atoms with E-state index in [0.717, 1.165) is 42.7 Å². The number of carbonyl (C=O) groups is 3. The summed E-state index contributed by atoms with van der Waals surface area (Å²) in [5, 5.41) is 9.16. The molecule has 1 aromatic heterocycles. The molecule has 0 spiro atoms. The third-order valence-electron chi connectivity index (χ3n) is 9.21. The van der Waals surface area contributed by atoms with Crippen LogP contribution in [0.25, 0.3) is 5.70 Å². The van der Waals surface area contributed by atoms with E-state index in [9.17, 15) is 14.4 Å². The molecule has 4 amide bonds. The molecule has 3 atom stereocenters. The molecule has 5 rings (SSSR count). The summed E-state index contributed by atoms with van der Waals surface area (Å²) in [6.07, 6.45) is 6.26. The summed E-state index contributed by atoms with van der Waals surface area (Å²) in [6.45, 7) is 13.1. The molecule has 3 fully saturated rings. The van der Waals surface area contributed by atoms with Gasteiger partial charge < -0.3 is 56.0 Å². The average Bonchev–Trinajstić information content (AvgIpc) is 3.76. The summed E-state index contributed by atoms with van der Waals surface area (Å²) in [5.74, 6) is 1.80. The van der Waals surface area contributed by atoms with Crippen LogP contribution in [-0.4, -0.2) is 129 Å². The van der Waals surface area contributed by atoms with Crippen molar-refractivity contribution in [3.8, 4) is 5.75 Å². The Morgan fingerprint density at radius 3 is 2.16 bits per heavy atom. The van der Waals surface area contributed by atoms with E-state index in [2.05, 4.69) is 34.1 Å². The zero-order valence-corrected chi connectivity index (χ0v) is 33.1. The SMILES string of the molecule is C=C(N)CCOCCOCCOCCOCCNC(=O)CCCC1SCC2NC(=O)NC21.C=C(N)c1ccc(C(=O)N2CCC(Oc3ccccc3)CC2)nc1. The topological polar surface area (TPSA) is 202 Å². The van der Waals surface area contributed by atoms with Crippen LogP contribution in [0.2, 0.25) is 0 Å². The molecule has 56 heavy (non-hydrogen) atoms. The van der Waals surface area contributed by atoms with Crippen molar-refractivity contribution in [1.29, 1.82) is 0 Å². The van der Waals surface area contributed by atoms with Crippen LogP contribution in [0.4, 0.5) is 4.79 Å². The molecule has 0 saturated carbocycles. The fourth-order valence-electron chi connectivity index (χ4n) is 6.16. The van der Waals surface area contributed by atoms with Gasteiger partial charge in [-0.3, -0.25) is 14.6 Å². The Morgan fingerprint density at radius 2 is 1.54 bits per heavy atom. The maximum absolute atomic E-state index is 12.5. The molecule has 3 saturated heterocycles. The Kier molecular flexibility index (Phi) is 19.8. The van der Waals surface area contributed by atoms with Crippen molar-refractivity contribution in [3.63, 3.8) is 0 Å². The van der Waals surface area contributed by atoms with E-state index in [1.54, 1.807) is 18.3 Å². The van der Waals surface area contributed by atoms with E-state index in [1.807, 2.05) is 47.0 Å². The molecule has 3 aliphatic heterocycles. The average molecular weight is 798 g/mol. The molecular weight excluding hydrogens is 739 g/mol. The van der Waals surface area contributed by atoms with E-state index < -0.39 is 0 Å². The van der Waals surface area contributed by atoms with Crippen molar-refractivity contribution in [1.82, 2.24) is 25.8 Å². The number of nitrogens with one attached hydrogen (secondary N) is 3. The molecule has 308 valence electrons. The predicted molar refractivity (Wildman–Crippen MR) is 217 cm³/mol. The highest BCUT2D eigenvalue weighted by Gasteiger charge is 2.42. The molecule has 15 nitrogen and oxygen atoms in total. The number of carbonyl (C=O) groups excluding carboxylic acids is 3. The Morgan fingerprint density at radius 1 is 0.875 bits per heavy atom. The summed E-state index contributed by atoms with van der Waals surface area (Å²) >= 11 is 1.87. The second-order valence-electron chi connectivity index (χ2n) is 13.6. The van der Waals surface area contributed by atoms with Crippen LogP contribution >= 0.6 is 11.8 Å². The first kappa shape index (κ1) is 44.4. The molecule has 0 radical (unpaired) electrons. The molecule has 4 heterocycles. The van der Waals surface area contributed by atoms with Gasteiger partial charge in [-0.15, -0.1) is 0 Å². The number of nitrogens with two attached hydrogens (primary N) is 2. The van der Waals surface area contributed by atoms with E-state index in [0.29, 0.717) is 108 Å². The molecule has 3 unspecified atom stereocenters. The molecule has 1 aromatic carbocycles. The van der Waals surface area contributed by atoms with Gasteiger partial charge in [0.2, 0.25) is 5.91 Å². The van der Waals surface area contributed by atoms with Crippen LogP contribution in [0.5, 0.6) is 5.75 Å². The van der Waals surface area contributed by atoms with Gasteiger partial charge in [-0.1, -0.05) is 31.4 Å². The van der Waals surface area contributed by atoms with Gasteiger partial charge in [0.25, 0.3) is 5.91 Å². The lowest BCUT2D eigenvalue weighted by molar-refractivity contribution is -0.121. The number of ether oxygens (including phenoxy) is 5. The highest BCUT2D eigenvalue weighted by atomic mass is 32.2. The van der Waals surface area contributed by atoms with Crippen LogP contribution in [0, 0.1) is 0 Å². The van der Waals surface area contributed by atoms with E-state index in [4.69, 9.17) is 35.2 Å². The minimum atomic E-state index is -0.0750. The van der Waals surface area contributed by atoms with Gasteiger partial charge >= 0.3 is 6.03 Å². The molecule has 0 aliphatic carbocycles. The van der Waals surface area contributed by atoms with Gasteiger partial charge in [-0.25, -0.2) is 4.79 Å². The highest BCUT2D eigenvalue weighted by Crippen LogP contribution is 2.33. The third-order valence-corrected chi connectivity index (χ3v) is 10.7. The van der Waals surface area contributed by atoms with Crippen molar-refractivity contribution in [2.24, 2.45) is 11.5 Å². The summed E-state index contributed by atoms with van der Waals surface area (Å²) in [5.41, 5.74) is 13.3. The summed E-state index contributed by atoms with van der Waals surface area (Å²) < 4.78 is 27.5. The van der Waals surface area contributed by atoms with Crippen LogP contribution in [-0.2, 0) is 23.7 Å². The predicted octanol–water partition coefficient (Wildman–Crippen LogP) is 3.06. The largest absolute Gasteiger partial charge is 0.490 e. The Labute approximate surface area is 334 Å². The normalized spacial score (nSPS) is 18.9. The van der Waals surface area contributed by atoms with Gasteiger partial charge in [0.05, 0.1) is 64.9 Å². The number of aromatic nitrogens is 1. The first-order chi connectivity index (χ1) is 27.2. The van der Waals surface area contributed by atoms with E-state index >= 15 is 0 Å². The van der Waals surface area contributed by atoms with Crippen molar-refractivity contribution >= 4 is 35.3 Å². The Bertz CT molecular complexity index is 1510. The summed E-state index contributed by atoms with van der Waals surface area (Å²) in [6, 6.07) is 13.6. The number of thioether (sulfide) groups is 1. The van der Waals surface area contributed by atoms with Crippen molar-refractivity contribution in [2.75, 3.05) is 78.2 Å². The molecule has 16 heteroatoms. The fourth-order valence-corrected chi connectivity index (χ4v) is 7.71. The number of urea groups is 1. The minimum absolute atomic E-state index is 0.0343.